The van der Waals surface area contributed by atoms with Crippen molar-refractivity contribution in [2.45, 2.75) is 11.5 Å². The van der Waals surface area contributed by atoms with Gasteiger partial charge in [-0.3, -0.25) is 0 Å². The van der Waals surface area contributed by atoms with Gasteiger partial charge in [-0.25, -0.2) is 8.42 Å². The van der Waals surface area contributed by atoms with Crippen LogP contribution in [0.4, 0.5) is 0 Å². The van der Waals surface area contributed by atoms with Crippen LogP contribution in [-0.4, -0.2) is 56.3 Å². The molecule has 0 saturated carbocycles. The van der Waals surface area contributed by atoms with Crippen LogP contribution >= 0.6 is 0 Å². The highest BCUT2D eigenvalue weighted by Crippen LogP contribution is 2.23. The lowest BCUT2D eigenvalue weighted by Gasteiger charge is -2.26. The number of nitrogens with zero attached hydrogens (tertiary/aromatic N) is 3. The summed E-state index contributed by atoms with van der Waals surface area (Å²) >= 11 is 0. The predicted molar refractivity (Wildman–Crippen MR) is 107 cm³/mol. The van der Waals surface area contributed by atoms with Crippen LogP contribution in [0.25, 0.3) is 11.4 Å². The molecule has 2 heterocycles. The molecule has 0 radical (unpaired) electrons. The average molecular weight is 431 g/mol. The van der Waals surface area contributed by atoms with Crippen LogP contribution in [0.1, 0.15) is 5.89 Å². The number of methoxy groups -OCH3 is 1. The summed E-state index contributed by atoms with van der Waals surface area (Å²) in [5, 5.41) is 3.96. The second kappa shape index (κ2) is 8.82. The second-order valence-electron chi connectivity index (χ2n) is 6.52. The molecule has 4 rings (SSSR count). The van der Waals surface area contributed by atoms with Gasteiger partial charge in [-0.2, -0.15) is 9.29 Å². The van der Waals surface area contributed by atoms with Crippen molar-refractivity contribution in [3.05, 3.63) is 54.4 Å². The fraction of sp³-hybridized carbons (Fsp3) is 0.300. The Morgan fingerprint density at radius 1 is 1.07 bits per heavy atom. The molecule has 0 unspecified atom stereocenters. The molecule has 0 aliphatic carbocycles. The Kier molecular flexibility index (Phi) is 5.98. The molecule has 0 N–H and O–H groups in total. The quantitative estimate of drug-likeness (QED) is 0.562. The standard InChI is InChI=1S/C20H21N3O6S/c1-26-17-4-2-3-15(13-17)20-21-19(29-22-20)14-28-16-5-7-18(8-6-16)30(24,25)23-9-11-27-12-10-23/h2-8,13H,9-12,14H2,1H3. The minimum atomic E-state index is -3.53. The molecule has 158 valence electrons. The molecule has 2 aromatic carbocycles. The molecular formula is C20H21N3O6S. The van der Waals surface area contributed by atoms with Gasteiger partial charge in [0.1, 0.15) is 11.5 Å². The summed E-state index contributed by atoms with van der Waals surface area (Å²) in [5.74, 6) is 1.93. The maximum absolute atomic E-state index is 12.6. The summed E-state index contributed by atoms with van der Waals surface area (Å²) in [6, 6.07) is 13.6. The van der Waals surface area contributed by atoms with Gasteiger partial charge in [-0.05, 0) is 36.4 Å². The van der Waals surface area contributed by atoms with Crippen molar-refractivity contribution in [1.82, 2.24) is 14.4 Å². The Morgan fingerprint density at radius 2 is 1.83 bits per heavy atom. The number of sulfonamides is 1. The van der Waals surface area contributed by atoms with E-state index in [0.29, 0.717) is 49.5 Å². The molecule has 1 aromatic heterocycles. The first-order chi connectivity index (χ1) is 14.6. The molecule has 3 aromatic rings. The van der Waals surface area contributed by atoms with Gasteiger partial charge in [0.2, 0.25) is 15.8 Å². The Hall–Kier alpha value is -2.95. The van der Waals surface area contributed by atoms with Crippen LogP contribution in [-0.2, 0) is 21.4 Å². The maximum Gasteiger partial charge on any atom is 0.264 e. The topological polar surface area (TPSA) is 104 Å². The minimum Gasteiger partial charge on any atom is -0.497 e. The molecule has 9 nitrogen and oxygen atoms in total. The van der Waals surface area contributed by atoms with Crippen molar-refractivity contribution in [1.29, 1.82) is 0 Å². The fourth-order valence-corrected chi connectivity index (χ4v) is 4.39. The number of benzene rings is 2. The van der Waals surface area contributed by atoms with E-state index in [1.807, 2.05) is 24.3 Å². The Morgan fingerprint density at radius 3 is 2.57 bits per heavy atom. The van der Waals surface area contributed by atoms with E-state index in [4.69, 9.17) is 18.7 Å². The van der Waals surface area contributed by atoms with E-state index in [-0.39, 0.29) is 11.5 Å². The highest BCUT2D eigenvalue weighted by Gasteiger charge is 2.26. The van der Waals surface area contributed by atoms with Crippen LogP contribution in [0.15, 0.2) is 57.9 Å². The van der Waals surface area contributed by atoms with E-state index in [1.165, 1.54) is 16.4 Å². The van der Waals surface area contributed by atoms with E-state index >= 15 is 0 Å². The van der Waals surface area contributed by atoms with Crippen LogP contribution < -0.4 is 9.47 Å². The largest absolute Gasteiger partial charge is 0.497 e. The summed E-state index contributed by atoms with van der Waals surface area (Å²) in [4.78, 5) is 4.53. The minimum absolute atomic E-state index is 0.0620. The highest BCUT2D eigenvalue weighted by molar-refractivity contribution is 7.89. The highest BCUT2D eigenvalue weighted by atomic mass is 32.2. The van der Waals surface area contributed by atoms with Crippen LogP contribution in [0.2, 0.25) is 0 Å². The molecule has 1 saturated heterocycles. The normalized spacial score (nSPS) is 15.1. The lowest BCUT2D eigenvalue weighted by molar-refractivity contribution is 0.0730. The van der Waals surface area contributed by atoms with E-state index in [0.717, 1.165) is 5.56 Å². The van der Waals surface area contributed by atoms with Crippen LogP contribution in [0, 0.1) is 0 Å². The van der Waals surface area contributed by atoms with Crippen molar-refractivity contribution in [3.8, 4) is 22.9 Å². The van der Waals surface area contributed by atoms with Crippen LogP contribution in [0.5, 0.6) is 11.5 Å². The van der Waals surface area contributed by atoms with Crippen molar-refractivity contribution < 1.29 is 27.2 Å². The molecule has 10 heteroatoms. The van der Waals surface area contributed by atoms with Gasteiger partial charge < -0.3 is 18.7 Å². The van der Waals surface area contributed by atoms with E-state index in [9.17, 15) is 8.42 Å². The molecule has 0 amide bonds. The van der Waals surface area contributed by atoms with Gasteiger partial charge in [-0.15, -0.1) is 0 Å². The Balaban J connectivity index is 1.39. The lowest BCUT2D eigenvalue weighted by Crippen LogP contribution is -2.40. The fourth-order valence-electron chi connectivity index (χ4n) is 2.98. The first-order valence-electron chi connectivity index (χ1n) is 9.34. The number of morpholine rings is 1. The van der Waals surface area contributed by atoms with Gasteiger partial charge >= 0.3 is 0 Å². The maximum atomic E-state index is 12.6. The number of ether oxygens (including phenoxy) is 3. The monoisotopic (exact) mass is 431 g/mol. The van der Waals surface area contributed by atoms with E-state index in [1.54, 1.807) is 19.2 Å². The van der Waals surface area contributed by atoms with Crippen molar-refractivity contribution in [2.24, 2.45) is 0 Å². The Bertz CT molecular complexity index is 1090. The molecule has 1 fully saturated rings. The third kappa shape index (κ3) is 4.45. The molecule has 0 atom stereocenters. The van der Waals surface area contributed by atoms with Gasteiger partial charge in [0.15, 0.2) is 6.61 Å². The van der Waals surface area contributed by atoms with Crippen molar-refractivity contribution in [2.75, 3.05) is 33.4 Å². The average Bonchev–Trinajstić information content (AvgIpc) is 3.28. The SMILES string of the molecule is COc1cccc(-c2noc(COc3ccc(S(=O)(=O)N4CCOCC4)cc3)n2)c1. The second-order valence-corrected chi connectivity index (χ2v) is 8.46. The van der Waals surface area contributed by atoms with Gasteiger partial charge in [0.05, 0.1) is 25.2 Å². The molecule has 1 aliphatic heterocycles. The van der Waals surface area contributed by atoms with E-state index in [2.05, 4.69) is 10.1 Å². The summed E-state index contributed by atoms with van der Waals surface area (Å²) in [7, 11) is -1.94. The van der Waals surface area contributed by atoms with Crippen molar-refractivity contribution in [3.63, 3.8) is 0 Å². The summed E-state index contributed by atoms with van der Waals surface area (Å²) < 4.78 is 48.0. The zero-order valence-electron chi connectivity index (χ0n) is 16.4. The molecule has 0 spiro atoms. The molecule has 1 aliphatic rings. The van der Waals surface area contributed by atoms with Gasteiger partial charge in [-0.1, -0.05) is 17.3 Å². The van der Waals surface area contributed by atoms with Gasteiger partial charge in [0, 0.05) is 18.7 Å². The number of hydrogen-bond acceptors (Lipinski definition) is 8. The third-order valence-electron chi connectivity index (χ3n) is 4.59. The van der Waals surface area contributed by atoms with E-state index < -0.39 is 10.0 Å². The molecule has 0 bridgehead atoms. The zero-order valence-corrected chi connectivity index (χ0v) is 17.2. The smallest absolute Gasteiger partial charge is 0.264 e. The molecule has 30 heavy (non-hydrogen) atoms. The first-order valence-corrected chi connectivity index (χ1v) is 10.8. The lowest BCUT2D eigenvalue weighted by atomic mass is 10.2. The number of hydrogen-bond donors (Lipinski definition) is 0. The zero-order chi connectivity index (χ0) is 21.0. The summed E-state index contributed by atoms with van der Waals surface area (Å²) in [6.07, 6.45) is 0. The third-order valence-corrected chi connectivity index (χ3v) is 6.50. The summed E-state index contributed by atoms with van der Waals surface area (Å²) in [5.41, 5.74) is 0.766. The summed E-state index contributed by atoms with van der Waals surface area (Å²) in [6.45, 7) is 1.58. The predicted octanol–water partition coefficient (Wildman–Crippen LogP) is 2.35. The number of rotatable bonds is 7. The van der Waals surface area contributed by atoms with Crippen LogP contribution in [0.3, 0.4) is 0 Å². The first kappa shape index (κ1) is 20.3. The number of aromatic nitrogens is 2. The molecular weight excluding hydrogens is 410 g/mol. The van der Waals surface area contributed by atoms with Crippen molar-refractivity contribution >= 4 is 10.0 Å². The Labute approximate surface area is 174 Å². The van der Waals surface area contributed by atoms with Gasteiger partial charge in [0.25, 0.3) is 5.89 Å².